The number of carbonyl (C=O) groups excluding carboxylic acids is 1. The molecule has 0 saturated carbocycles. The summed E-state index contributed by atoms with van der Waals surface area (Å²) < 4.78 is 5.67. The number of carbonyl (C=O) groups is 1. The molecule has 1 saturated heterocycles. The molecule has 0 aromatic rings. The van der Waals surface area contributed by atoms with Gasteiger partial charge in [-0.3, -0.25) is 4.79 Å². The molecular weight excluding hydrogens is 228 g/mol. The average Bonchev–Trinajstić information content (AvgIpc) is 2.75. The fourth-order valence-corrected chi connectivity index (χ4v) is 2.63. The molecule has 2 atom stereocenters. The third-order valence-corrected chi connectivity index (χ3v) is 3.49. The van der Waals surface area contributed by atoms with Crippen molar-refractivity contribution in [1.82, 2.24) is 4.90 Å². The summed E-state index contributed by atoms with van der Waals surface area (Å²) in [5.41, 5.74) is 5.67. The fourth-order valence-electron chi connectivity index (χ4n) is 2.63. The highest BCUT2D eigenvalue weighted by molar-refractivity contribution is 5.76. The first kappa shape index (κ1) is 15.4. The summed E-state index contributed by atoms with van der Waals surface area (Å²) in [7, 11) is 0. The largest absolute Gasteiger partial charge is 0.378 e. The molecule has 0 bridgehead atoms. The van der Waals surface area contributed by atoms with E-state index in [4.69, 9.17) is 10.5 Å². The van der Waals surface area contributed by atoms with Crippen LogP contribution in [0.2, 0.25) is 0 Å². The van der Waals surface area contributed by atoms with Gasteiger partial charge < -0.3 is 15.4 Å². The molecule has 1 heterocycles. The van der Waals surface area contributed by atoms with Gasteiger partial charge in [-0.15, -0.1) is 0 Å². The second-order valence-electron chi connectivity index (χ2n) is 5.68. The number of likely N-dealkylation sites (tertiary alicyclic amines) is 1. The van der Waals surface area contributed by atoms with Crippen LogP contribution >= 0.6 is 0 Å². The van der Waals surface area contributed by atoms with Crippen LogP contribution in [0.25, 0.3) is 0 Å². The first-order chi connectivity index (χ1) is 8.54. The molecule has 2 N–H and O–H groups in total. The summed E-state index contributed by atoms with van der Waals surface area (Å²) in [5.74, 6) is 0.829. The van der Waals surface area contributed by atoms with Gasteiger partial charge in [-0.1, -0.05) is 13.8 Å². The SMILES string of the molecule is CC(C)CC(C)OCCC(=O)N1CCCC1CN. The van der Waals surface area contributed by atoms with E-state index in [-0.39, 0.29) is 18.1 Å². The van der Waals surface area contributed by atoms with E-state index in [9.17, 15) is 4.79 Å². The van der Waals surface area contributed by atoms with E-state index in [0.29, 0.717) is 25.5 Å². The highest BCUT2D eigenvalue weighted by Crippen LogP contribution is 2.17. The molecule has 1 aliphatic heterocycles. The van der Waals surface area contributed by atoms with Crippen molar-refractivity contribution >= 4 is 5.91 Å². The van der Waals surface area contributed by atoms with Gasteiger partial charge in [0.1, 0.15) is 0 Å². The zero-order valence-corrected chi connectivity index (χ0v) is 12.0. The lowest BCUT2D eigenvalue weighted by Gasteiger charge is -2.24. The van der Waals surface area contributed by atoms with E-state index in [1.54, 1.807) is 0 Å². The van der Waals surface area contributed by atoms with Crippen LogP contribution in [-0.4, -0.2) is 42.6 Å². The zero-order valence-electron chi connectivity index (χ0n) is 12.0. The van der Waals surface area contributed by atoms with Crippen LogP contribution in [0, 0.1) is 5.92 Å². The molecule has 1 rings (SSSR count). The molecule has 18 heavy (non-hydrogen) atoms. The maximum atomic E-state index is 12.0. The maximum Gasteiger partial charge on any atom is 0.225 e. The quantitative estimate of drug-likeness (QED) is 0.755. The van der Waals surface area contributed by atoms with Crippen LogP contribution in [-0.2, 0) is 9.53 Å². The van der Waals surface area contributed by atoms with Gasteiger partial charge in [0.15, 0.2) is 0 Å². The Morgan fingerprint density at radius 3 is 2.78 bits per heavy atom. The van der Waals surface area contributed by atoms with Gasteiger partial charge in [-0.25, -0.2) is 0 Å². The number of hydrogen-bond donors (Lipinski definition) is 1. The van der Waals surface area contributed by atoms with E-state index in [0.717, 1.165) is 25.8 Å². The molecule has 0 aromatic carbocycles. The summed E-state index contributed by atoms with van der Waals surface area (Å²) in [4.78, 5) is 13.9. The van der Waals surface area contributed by atoms with Gasteiger partial charge in [0.2, 0.25) is 5.91 Å². The van der Waals surface area contributed by atoms with Crippen LogP contribution in [0.15, 0.2) is 0 Å². The minimum absolute atomic E-state index is 0.194. The summed E-state index contributed by atoms with van der Waals surface area (Å²) >= 11 is 0. The lowest BCUT2D eigenvalue weighted by Crippen LogP contribution is -2.40. The zero-order chi connectivity index (χ0) is 13.5. The molecule has 1 fully saturated rings. The smallest absolute Gasteiger partial charge is 0.225 e. The summed E-state index contributed by atoms with van der Waals surface area (Å²) in [5, 5.41) is 0. The number of nitrogens with two attached hydrogens (primary N) is 1. The number of ether oxygens (including phenoxy) is 1. The van der Waals surface area contributed by atoms with Crippen LogP contribution < -0.4 is 5.73 Å². The van der Waals surface area contributed by atoms with E-state index in [1.807, 2.05) is 4.90 Å². The lowest BCUT2D eigenvalue weighted by molar-refractivity contribution is -0.133. The Kier molecular flexibility index (Phi) is 6.65. The number of nitrogens with zero attached hydrogens (tertiary/aromatic N) is 1. The Labute approximate surface area is 111 Å². The molecule has 4 nitrogen and oxygen atoms in total. The first-order valence-corrected chi connectivity index (χ1v) is 7.15. The first-order valence-electron chi connectivity index (χ1n) is 7.15. The Hall–Kier alpha value is -0.610. The van der Waals surface area contributed by atoms with Gasteiger partial charge in [0, 0.05) is 19.1 Å². The van der Waals surface area contributed by atoms with Crippen LogP contribution in [0.1, 0.15) is 46.5 Å². The molecule has 1 aliphatic rings. The number of amides is 1. The van der Waals surface area contributed by atoms with Gasteiger partial charge >= 0.3 is 0 Å². The molecule has 0 spiro atoms. The van der Waals surface area contributed by atoms with Crippen molar-refractivity contribution in [3.05, 3.63) is 0 Å². The average molecular weight is 256 g/mol. The molecule has 0 radical (unpaired) electrons. The highest BCUT2D eigenvalue weighted by atomic mass is 16.5. The molecule has 0 aliphatic carbocycles. The van der Waals surface area contributed by atoms with Crippen LogP contribution in [0.4, 0.5) is 0 Å². The van der Waals surface area contributed by atoms with E-state index in [2.05, 4.69) is 20.8 Å². The standard InChI is InChI=1S/C14H28N2O2/c1-11(2)9-12(3)18-8-6-14(17)16-7-4-5-13(16)10-15/h11-13H,4-10,15H2,1-3H3. The number of rotatable bonds is 7. The summed E-state index contributed by atoms with van der Waals surface area (Å²) in [6, 6.07) is 0.255. The van der Waals surface area contributed by atoms with Gasteiger partial charge in [-0.05, 0) is 32.1 Å². The molecule has 2 unspecified atom stereocenters. The molecular formula is C14H28N2O2. The molecule has 106 valence electrons. The predicted molar refractivity (Wildman–Crippen MR) is 73.3 cm³/mol. The summed E-state index contributed by atoms with van der Waals surface area (Å²) in [6.45, 7) is 8.41. The fraction of sp³-hybridized carbons (Fsp3) is 0.929. The Bertz CT molecular complexity index is 256. The maximum absolute atomic E-state index is 12.0. The van der Waals surface area contributed by atoms with Gasteiger partial charge in [-0.2, -0.15) is 0 Å². The summed E-state index contributed by atoms with van der Waals surface area (Å²) in [6.07, 6.45) is 3.90. The van der Waals surface area contributed by atoms with E-state index >= 15 is 0 Å². The second kappa shape index (κ2) is 7.74. The van der Waals surface area contributed by atoms with Crippen molar-refractivity contribution in [1.29, 1.82) is 0 Å². The van der Waals surface area contributed by atoms with Crippen LogP contribution in [0.5, 0.6) is 0 Å². The minimum Gasteiger partial charge on any atom is -0.378 e. The molecule has 1 amide bonds. The third-order valence-electron chi connectivity index (χ3n) is 3.49. The Morgan fingerprint density at radius 2 is 2.17 bits per heavy atom. The van der Waals surface area contributed by atoms with Crippen molar-refractivity contribution in [2.45, 2.75) is 58.6 Å². The minimum atomic E-state index is 0.194. The van der Waals surface area contributed by atoms with Crippen molar-refractivity contribution in [3.8, 4) is 0 Å². The topological polar surface area (TPSA) is 55.6 Å². The van der Waals surface area contributed by atoms with Crippen molar-refractivity contribution < 1.29 is 9.53 Å². The van der Waals surface area contributed by atoms with Crippen molar-refractivity contribution in [2.24, 2.45) is 11.7 Å². The van der Waals surface area contributed by atoms with E-state index in [1.165, 1.54) is 0 Å². The van der Waals surface area contributed by atoms with Crippen LogP contribution in [0.3, 0.4) is 0 Å². The highest BCUT2D eigenvalue weighted by Gasteiger charge is 2.26. The van der Waals surface area contributed by atoms with Gasteiger partial charge in [0.25, 0.3) is 0 Å². The monoisotopic (exact) mass is 256 g/mol. The predicted octanol–water partition coefficient (Wildman–Crippen LogP) is 1.78. The number of hydrogen-bond acceptors (Lipinski definition) is 3. The lowest BCUT2D eigenvalue weighted by atomic mass is 10.1. The van der Waals surface area contributed by atoms with Crippen molar-refractivity contribution in [2.75, 3.05) is 19.7 Å². The molecule has 0 aromatic heterocycles. The Balaban J connectivity index is 2.20. The molecule has 4 heteroatoms. The Morgan fingerprint density at radius 1 is 1.44 bits per heavy atom. The van der Waals surface area contributed by atoms with Crippen molar-refractivity contribution in [3.63, 3.8) is 0 Å². The third kappa shape index (κ3) is 4.94. The van der Waals surface area contributed by atoms with Gasteiger partial charge in [0.05, 0.1) is 19.1 Å². The normalized spacial score (nSPS) is 21.6. The van der Waals surface area contributed by atoms with E-state index < -0.39 is 0 Å². The second-order valence-corrected chi connectivity index (χ2v) is 5.68.